The molecular formula is C15H17NO3. The molecule has 0 radical (unpaired) electrons. The number of nitrogens with zero attached hydrogens (tertiary/aromatic N) is 1. The number of aryl methyl sites for hydroxylation is 1. The van der Waals surface area contributed by atoms with Gasteiger partial charge in [0.2, 0.25) is 0 Å². The average Bonchev–Trinajstić information content (AvgIpc) is 2.45. The molecule has 4 nitrogen and oxygen atoms in total. The fourth-order valence-corrected chi connectivity index (χ4v) is 1.45. The molecule has 0 spiro atoms. The first-order valence-corrected chi connectivity index (χ1v) is 6.08. The Balaban J connectivity index is 2.75. The SMILES string of the molecule is CCc1ccc(C=C(C#N)C(=O)OCCOC)cc1. The van der Waals surface area contributed by atoms with Crippen LogP contribution in [0.25, 0.3) is 6.08 Å². The van der Waals surface area contributed by atoms with Gasteiger partial charge in [-0.1, -0.05) is 31.2 Å². The van der Waals surface area contributed by atoms with Gasteiger partial charge in [-0.25, -0.2) is 4.79 Å². The van der Waals surface area contributed by atoms with Gasteiger partial charge in [0.1, 0.15) is 18.2 Å². The van der Waals surface area contributed by atoms with Gasteiger partial charge in [-0.05, 0) is 23.6 Å². The van der Waals surface area contributed by atoms with Gasteiger partial charge in [0.25, 0.3) is 0 Å². The van der Waals surface area contributed by atoms with E-state index in [9.17, 15) is 4.79 Å². The average molecular weight is 259 g/mol. The molecule has 0 heterocycles. The van der Waals surface area contributed by atoms with E-state index < -0.39 is 5.97 Å². The van der Waals surface area contributed by atoms with E-state index in [4.69, 9.17) is 14.7 Å². The zero-order chi connectivity index (χ0) is 14.1. The predicted octanol–water partition coefficient (Wildman–Crippen LogP) is 2.35. The number of rotatable bonds is 6. The van der Waals surface area contributed by atoms with Crippen LogP contribution in [0.4, 0.5) is 0 Å². The third kappa shape index (κ3) is 4.94. The smallest absolute Gasteiger partial charge is 0.348 e. The van der Waals surface area contributed by atoms with Gasteiger partial charge in [-0.2, -0.15) is 5.26 Å². The Hall–Kier alpha value is -2.12. The molecule has 1 rings (SSSR count). The highest BCUT2D eigenvalue weighted by molar-refractivity contribution is 5.97. The number of hydrogen-bond donors (Lipinski definition) is 0. The van der Waals surface area contributed by atoms with Crippen LogP contribution in [-0.2, 0) is 20.7 Å². The normalized spacial score (nSPS) is 10.9. The molecule has 1 aromatic rings. The maximum atomic E-state index is 11.6. The topological polar surface area (TPSA) is 59.3 Å². The second-order valence-corrected chi connectivity index (χ2v) is 3.89. The minimum Gasteiger partial charge on any atom is -0.459 e. The van der Waals surface area contributed by atoms with E-state index in [-0.39, 0.29) is 12.2 Å². The Kier molecular flexibility index (Phi) is 6.34. The second kappa shape index (κ2) is 8.06. The van der Waals surface area contributed by atoms with Gasteiger partial charge < -0.3 is 9.47 Å². The number of carbonyl (C=O) groups excluding carboxylic acids is 1. The molecule has 1 aromatic carbocycles. The first kappa shape index (κ1) is 14.9. The van der Waals surface area contributed by atoms with E-state index in [1.807, 2.05) is 30.3 Å². The maximum Gasteiger partial charge on any atom is 0.348 e. The minimum atomic E-state index is -0.626. The van der Waals surface area contributed by atoms with Crippen molar-refractivity contribution in [3.8, 4) is 6.07 Å². The van der Waals surface area contributed by atoms with Crippen molar-refractivity contribution in [3.05, 3.63) is 41.0 Å². The van der Waals surface area contributed by atoms with Crippen LogP contribution in [0, 0.1) is 11.3 Å². The molecule has 0 unspecified atom stereocenters. The van der Waals surface area contributed by atoms with Gasteiger partial charge in [-0.15, -0.1) is 0 Å². The summed E-state index contributed by atoms with van der Waals surface area (Å²) in [4.78, 5) is 11.6. The van der Waals surface area contributed by atoms with Crippen LogP contribution in [0.15, 0.2) is 29.8 Å². The monoisotopic (exact) mass is 259 g/mol. The Morgan fingerprint density at radius 3 is 2.53 bits per heavy atom. The molecule has 0 N–H and O–H groups in total. The zero-order valence-corrected chi connectivity index (χ0v) is 11.2. The molecule has 19 heavy (non-hydrogen) atoms. The number of carbonyl (C=O) groups is 1. The van der Waals surface area contributed by atoms with Crippen LogP contribution >= 0.6 is 0 Å². The number of hydrogen-bond acceptors (Lipinski definition) is 4. The molecular weight excluding hydrogens is 242 g/mol. The summed E-state index contributed by atoms with van der Waals surface area (Å²) in [6.45, 7) is 2.53. The van der Waals surface area contributed by atoms with Crippen LogP contribution in [0.5, 0.6) is 0 Å². The molecule has 0 saturated heterocycles. The third-order valence-corrected chi connectivity index (χ3v) is 2.56. The quantitative estimate of drug-likeness (QED) is 0.340. The van der Waals surface area contributed by atoms with Gasteiger partial charge >= 0.3 is 5.97 Å². The van der Waals surface area contributed by atoms with E-state index in [0.29, 0.717) is 6.61 Å². The molecule has 0 aliphatic heterocycles. The van der Waals surface area contributed by atoms with Crippen LogP contribution < -0.4 is 0 Å². The van der Waals surface area contributed by atoms with Gasteiger partial charge in [-0.3, -0.25) is 0 Å². The molecule has 100 valence electrons. The van der Waals surface area contributed by atoms with Crippen molar-refractivity contribution in [2.75, 3.05) is 20.3 Å². The highest BCUT2D eigenvalue weighted by Crippen LogP contribution is 2.10. The molecule has 0 bridgehead atoms. The lowest BCUT2D eigenvalue weighted by atomic mass is 10.1. The van der Waals surface area contributed by atoms with Crippen molar-refractivity contribution < 1.29 is 14.3 Å². The van der Waals surface area contributed by atoms with E-state index in [1.165, 1.54) is 18.7 Å². The summed E-state index contributed by atoms with van der Waals surface area (Å²) < 4.78 is 9.67. The summed E-state index contributed by atoms with van der Waals surface area (Å²) in [7, 11) is 1.52. The first-order valence-electron chi connectivity index (χ1n) is 6.08. The summed E-state index contributed by atoms with van der Waals surface area (Å²) in [5, 5.41) is 8.96. The van der Waals surface area contributed by atoms with Gasteiger partial charge in [0, 0.05) is 7.11 Å². The van der Waals surface area contributed by atoms with Crippen molar-refractivity contribution >= 4 is 12.0 Å². The Bertz CT molecular complexity index is 483. The van der Waals surface area contributed by atoms with E-state index in [1.54, 1.807) is 0 Å². The van der Waals surface area contributed by atoms with Crippen LogP contribution in [-0.4, -0.2) is 26.3 Å². The summed E-state index contributed by atoms with van der Waals surface area (Å²) in [5.74, 6) is -0.626. The molecule has 0 fully saturated rings. The van der Waals surface area contributed by atoms with Crippen molar-refractivity contribution in [1.82, 2.24) is 0 Å². The summed E-state index contributed by atoms with van der Waals surface area (Å²) in [5.41, 5.74) is 2.00. The van der Waals surface area contributed by atoms with Crippen molar-refractivity contribution in [3.63, 3.8) is 0 Å². The second-order valence-electron chi connectivity index (χ2n) is 3.89. The zero-order valence-electron chi connectivity index (χ0n) is 11.2. The molecule has 0 amide bonds. The first-order chi connectivity index (χ1) is 9.21. The van der Waals surface area contributed by atoms with Crippen LogP contribution in [0.1, 0.15) is 18.1 Å². The number of methoxy groups -OCH3 is 1. The van der Waals surface area contributed by atoms with Gasteiger partial charge in [0.15, 0.2) is 0 Å². The fourth-order valence-electron chi connectivity index (χ4n) is 1.45. The summed E-state index contributed by atoms with van der Waals surface area (Å²) in [6, 6.07) is 9.54. The number of benzene rings is 1. The number of nitriles is 1. The van der Waals surface area contributed by atoms with Crippen LogP contribution in [0.2, 0.25) is 0 Å². The Morgan fingerprint density at radius 1 is 1.32 bits per heavy atom. The van der Waals surface area contributed by atoms with E-state index in [2.05, 4.69) is 6.92 Å². The summed E-state index contributed by atoms with van der Waals surface area (Å²) >= 11 is 0. The highest BCUT2D eigenvalue weighted by Gasteiger charge is 2.10. The van der Waals surface area contributed by atoms with Gasteiger partial charge in [0.05, 0.1) is 6.61 Å². The van der Waals surface area contributed by atoms with Crippen molar-refractivity contribution in [2.24, 2.45) is 0 Å². The lowest BCUT2D eigenvalue weighted by Gasteiger charge is -2.03. The maximum absolute atomic E-state index is 11.6. The molecule has 0 atom stereocenters. The lowest BCUT2D eigenvalue weighted by Crippen LogP contribution is -2.11. The fraction of sp³-hybridized carbons (Fsp3) is 0.333. The predicted molar refractivity (Wildman–Crippen MR) is 72.2 cm³/mol. The van der Waals surface area contributed by atoms with Crippen molar-refractivity contribution in [1.29, 1.82) is 5.26 Å². The molecule has 0 aliphatic rings. The molecule has 0 aliphatic carbocycles. The Labute approximate surface area is 113 Å². The molecule has 0 aromatic heterocycles. The lowest BCUT2D eigenvalue weighted by molar-refractivity contribution is -0.139. The van der Waals surface area contributed by atoms with Crippen LogP contribution in [0.3, 0.4) is 0 Å². The van der Waals surface area contributed by atoms with E-state index >= 15 is 0 Å². The largest absolute Gasteiger partial charge is 0.459 e. The number of esters is 1. The summed E-state index contributed by atoms with van der Waals surface area (Å²) in [6.07, 6.45) is 2.47. The van der Waals surface area contributed by atoms with Crippen molar-refractivity contribution in [2.45, 2.75) is 13.3 Å². The van der Waals surface area contributed by atoms with E-state index in [0.717, 1.165) is 12.0 Å². The molecule has 0 saturated carbocycles. The Morgan fingerprint density at radius 2 is 2.00 bits per heavy atom. The highest BCUT2D eigenvalue weighted by atomic mass is 16.6. The minimum absolute atomic E-state index is 0.0136. The standard InChI is InChI=1S/C15H17NO3/c1-3-12-4-6-13(7-5-12)10-14(11-16)15(17)19-9-8-18-2/h4-7,10H,3,8-9H2,1-2H3. The number of ether oxygens (including phenoxy) is 2. The molecule has 4 heteroatoms. The third-order valence-electron chi connectivity index (χ3n) is 2.56.